The lowest BCUT2D eigenvalue weighted by Gasteiger charge is -2.26. The van der Waals surface area contributed by atoms with Crippen LogP contribution in [-0.4, -0.2) is 23.4 Å². The fourth-order valence-corrected chi connectivity index (χ4v) is 7.36. The number of carbonyl (C=O) groups is 4. The number of allylic oxidation sites excluding steroid dienone is 18. The van der Waals surface area contributed by atoms with Gasteiger partial charge >= 0.3 is 0 Å². The second kappa shape index (κ2) is 43.0. The summed E-state index contributed by atoms with van der Waals surface area (Å²) in [4.78, 5) is 67.9. The van der Waals surface area contributed by atoms with E-state index < -0.39 is 11.6 Å². The van der Waals surface area contributed by atoms with E-state index in [4.69, 9.17) is 9.68 Å². The molecule has 2 aromatic carbocycles. The molecule has 4 N–H and O–H groups in total. The van der Waals surface area contributed by atoms with Crippen molar-refractivity contribution in [2.75, 3.05) is 21.6 Å². The van der Waals surface area contributed by atoms with Crippen LogP contribution in [0.4, 0.5) is 22.7 Å². The van der Waals surface area contributed by atoms with Crippen LogP contribution < -0.4 is 21.6 Å². The number of hydrogen-bond acceptors (Lipinski definition) is 8. The first-order valence-corrected chi connectivity index (χ1v) is 26.8. The number of rotatable bonds is 30. The molecule has 0 saturated carbocycles. The number of carbonyl (C=O) groups excluding carboxylic acids is 4. The van der Waals surface area contributed by atoms with Crippen LogP contribution in [0.1, 0.15) is 148 Å². The summed E-state index contributed by atoms with van der Waals surface area (Å²) in [6.07, 6.45) is 51.9. The topological polar surface area (TPSA) is 135 Å². The van der Waals surface area contributed by atoms with Gasteiger partial charge in [0, 0.05) is 48.4 Å². The van der Waals surface area contributed by atoms with Gasteiger partial charge in [-0.1, -0.05) is 213 Å². The smallest absolute Gasteiger partial charge is 0.224 e. The van der Waals surface area contributed by atoms with Crippen LogP contribution in [-0.2, 0) is 19.3 Å². The quantitative estimate of drug-likeness (QED) is 0.0224. The van der Waals surface area contributed by atoms with Crippen LogP contribution in [0.2, 0.25) is 0 Å². The number of hydrogen-bond donors (Lipinski definition) is 4. The van der Waals surface area contributed by atoms with Crippen LogP contribution in [0.5, 0.6) is 0 Å². The van der Waals surface area contributed by atoms with Gasteiger partial charge in [0.2, 0.25) is 11.8 Å². The third kappa shape index (κ3) is 27.0. The molecule has 0 heterocycles. The predicted molar refractivity (Wildman–Crippen MR) is 327 cm³/mol. The zero-order chi connectivity index (χ0) is 57.4. The van der Waals surface area contributed by atoms with E-state index in [9.17, 15) is 9.59 Å². The summed E-state index contributed by atoms with van der Waals surface area (Å²) in [6, 6.07) is 6.01. The van der Waals surface area contributed by atoms with Crippen molar-refractivity contribution in [3.63, 3.8) is 0 Å². The number of anilines is 4. The monoisotopic (exact) mass is 1060 g/mol. The van der Waals surface area contributed by atoms with E-state index in [1.807, 2.05) is 72.9 Å². The second-order valence-electron chi connectivity index (χ2n) is 17.2. The van der Waals surface area contributed by atoms with Gasteiger partial charge in [-0.2, -0.15) is 0 Å². The minimum absolute atomic E-state index is 0.0550. The molecule has 0 fully saturated rings. The lowest BCUT2D eigenvalue weighted by atomic mass is 9.80. The molecule has 0 bridgehead atoms. The van der Waals surface area contributed by atoms with Crippen LogP contribution in [0.25, 0.3) is 0 Å². The molecule has 0 radical (unpaired) electrons. The third-order valence-electron chi connectivity index (χ3n) is 11.1. The third-order valence-corrected chi connectivity index (χ3v) is 11.1. The highest BCUT2D eigenvalue weighted by molar-refractivity contribution is 6.35. The average molecular weight is 1060 g/mol. The van der Waals surface area contributed by atoms with Gasteiger partial charge in [0.05, 0.1) is 45.0 Å². The Morgan fingerprint density at radius 1 is 0.400 bits per heavy atom. The van der Waals surface area contributed by atoms with Crippen LogP contribution in [0.15, 0.2) is 147 Å². The highest BCUT2D eigenvalue weighted by atomic mass is 16.6. The zero-order valence-electron chi connectivity index (χ0n) is 45.9. The first kappa shape index (κ1) is 64.1. The summed E-state index contributed by atoms with van der Waals surface area (Å²) in [5.74, 6) is 34.6. The minimum Gasteiger partial charge on any atom is -0.328 e. The van der Waals surface area contributed by atoms with Gasteiger partial charge in [0.1, 0.15) is 0 Å². The molecule has 3 rings (SSSR count). The van der Waals surface area contributed by atoms with Gasteiger partial charge in [-0.05, 0) is 84.8 Å². The zero-order valence-corrected chi connectivity index (χ0v) is 45.9. The summed E-state index contributed by atoms with van der Waals surface area (Å²) in [5, 5.41) is 5.78. The van der Waals surface area contributed by atoms with Crippen molar-refractivity contribution in [3.05, 3.63) is 169 Å². The molecule has 10 nitrogen and oxygen atoms in total. The molecule has 80 heavy (non-hydrogen) atoms. The molecule has 1 aliphatic carbocycles. The normalized spacial score (nSPS) is 11.0. The summed E-state index contributed by atoms with van der Waals surface area (Å²) >= 11 is 0. The van der Waals surface area contributed by atoms with Gasteiger partial charge < -0.3 is 20.3 Å². The van der Waals surface area contributed by atoms with E-state index in [0.717, 1.165) is 64.2 Å². The van der Waals surface area contributed by atoms with Crippen molar-refractivity contribution < 1.29 is 28.9 Å². The Balaban J connectivity index is 1.95. The maximum Gasteiger partial charge on any atom is 0.224 e. The summed E-state index contributed by atoms with van der Waals surface area (Å²) in [7, 11) is 0. The molecule has 404 valence electrons. The van der Waals surface area contributed by atoms with Crippen LogP contribution in [0.3, 0.4) is 0 Å². The number of nitrogens with one attached hydrogen (secondary N) is 4. The first-order chi connectivity index (χ1) is 39.4. The van der Waals surface area contributed by atoms with Gasteiger partial charge in [-0.3, -0.25) is 19.2 Å². The van der Waals surface area contributed by atoms with E-state index in [1.54, 1.807) is 36.5 Å². The fraction of sp³-hybridized carbons (Fsp3) is 0.257. The number of fused-ring (bicyclic) bond motifs is 2. The summed E-state index contributed by atoms with van der Waals surface area (Å²) < 4.78 is 0. The molecule has 0 saturated heterocycles. The highest BCUT2D eigenvalue weighted by Crippen LogP contribution is 2.42. The fourth-order valence-electron chi connectivity index (χ4n) is 7.36. The highest BCUT2D eigenvalue weighted by Gasteiger charge is 2.38. The second-order valence-corrected chi connectivity index (χ2v) is 17.2. The predicted octanol–water partition coefficient (Wildman–Crippen LogP) is 14.1. The van der Waals surface area contributed by atoms with E-state index >= 15 is 9.59 Å². The van der Waals surface area contributed by atoms with Gasteiger partial charge in [-0.15, -0.1) is 0 Å². The molecular weight excluding hydrogens is 993 g/mol. The van der Waals surface area contributed by atoms with Crippen molar-refractivity contribution in [2.24, 2.45) is 0 Å². The lowest BCUT2D eigenvalue weighted by Crippen LogP contribution is -2.28. The molecule has 10 heteroatoms. The Kier molecular flexibility index (Phi) is 34.4. The van der Waals surface area contributed by atoms with Crippen molar-refractivity contribution in [1.82, 2.24) is 0 Å². The number of unbranched alkanes of at least 4 members (excludes halogenated alkanes) is 12. The molecule has 0 atom stereocenters. The molecular formula is C70H68N4O6. The Labute approximate surface area is 475 Å². The Bertz CT molecular complexity index is 3040. The molecule has 0 spiro atoms. The molecule has 2 amide bonds. The standard InChI is InChI=1S/C70H68N4O6/c1-5-9-13-17-21-23-25-27-29-31-33-35-37-41-45-49-57-79-73-61-55-56-62(74-80-58-50-46-42-38-36-34-32-30-28-26-24-22-18-14-10-6-2)68-67(61)69(77)65-59(71-63(75)51-47-43-39-19-15-11-7-3)53-54-60(66(65)70(68)78)72-64(76)52-48-44-40-20-16-12-8-4/h5-6,9-10,13-14,17-18,21-30,53-56,73-74H,1-2,7-8,11-12,15-16,19-20,39-40,43-44,47-48,51-52H2,3-4H3,(H,71,75)(H,72,76)/b13-9+,14-10+,21-17+,22-18+,25-23+,26-24+,29-27+,30-28+. The van der Waals surface area contributed by atoms with Crippen LogP contribution in [0, 0.1) is 95.1 Å². The number of benzene rings is 2. The molecule has 0 aromatic heterocycles. The van der Waals surface area contributed by atoms with Crippen molar-refractivity contribution in [2.45, 2.75) is 117 Å². The average Bonchev–Trinajstić information content (AvgIpc) is 3.64. The van der Waals surface area contributed by atoms with Crippen molar-refractivity contribution >= 4 is 46.1 Å². The Morgan fingerprint density at radius 2 is 0.700 bits per heavy atom. The summed E-state index contributed by atoms with van der Waals surface area (Å²) in [5.41, 5.74) is 5.19. The van der Waals surface area contributed by atoms with Gasteiger partial charge in [0.15, 0.2) is 23.8 Å². The molecule has 2 aromatic rings. The van der Waals surface area contributed by atoms with E-state index in [2.05, 4.69) is 144 Å². The Morgan fingerprint density at radius 3 is 1.07 bits per heavy atom. The van der Waals surface area contributed by atoms with E-state index in [-0.39, 0.29) is 69.7 Å². The van der Waals surface area contributed by atoms with E-state index in [1.165, 1.54) is 37.1 Å². The largest absolute Gasteiger partial charge is 0.328 e. The van der Waals surface area contributed by atoms with Gasteiger partial charge in [-0.25, -0.2) is 11.0 Å². The molecule has 0 aliphatic heterocycles. The maximum absolute atomic E-state index is 15.0. The van der Waals surface area contributed by atoms with Gasteiger partial charge in [0.25, 0.3) is 0 Å². The maximum atomic E-state index is 15.0. The van der Waals surface area contributed by atoms with E-state index in [0.29, 0.717) is 12.8 Å². The summed E-state index contributed by atoms with van der Waals surface area (Å²) in [6.45, 7) is 11.6. The minimum atomic E-state index is -0.655. The van der Waals surface area contributed by atoms with Crippen molar-refractivity contribution in [3.8, 4) is 95.1 Å². The SMILES string of the molecule is C=C/C=C/C=C/C=C/C=C/C#CC#CC#CC#CONc1ccc(NOC#CC#CC#CC#C/C=C/C=C/C=C/C=C/C=C)c2c1C(=O)c1c(NC(=O)CCCCCCCCC)ccc(NC(=O)CCCCCCCCC)c1C2=O. The number of amides is 2. The molecule has 1 aliphatic rings. The first-order valence-electron chi connectivity index (χ1n) is 26.8. The lowest BCUT2D eigenvalue weighted by molar-refractivity contribution is -0.117. The van der Waals surface area contributed by atoms with Crippen LogP contribution >= 0.6 is 0 Å². The Hall–Kier alpha value is -10.2. The number of ketones is 2. The molecule has 0 unspecified atom stereocenters. The van der Waals surface area contributed by atoms with Crippen molar-refractivity contribution in [1.29, 1.82) is 0 Å².